The molecule has 0 radical (unpaired) electrons. The number of nitrogens with zero attached hydrogens (tertiary/aromatic N) is 3. The quantitative estimate of drug-likeness (QED) is 0.327. The minimum absolute atomic E-state index is 0.0715. The van der Waals surface area contributed by atoms with Crippen LogP contribution in [-0.4, -0.2) is 63.3 Å². The number of unbranched alkanes of at least 4 members (excludes halogenated alkanes) is 1. The van der Waals surface area contributed by atoms with Crippen LogP contribution in [0.5, 0.6) is 0 Å². The lowest BCUT2D eigenvalue weighted by molar-refractivity contribution is -0.136. The molecule has 0 bridgehead atoms. The van der Waals surface area contributed by atoms with Gasteiger partial charge in [-0.3, -0.25) is 34.7 Å². The number of carbonyl (C=O) groups is 5. The fourth-order valence-electron chi connectivity index (χ4n) is 3.72. The number of carbonyl (C=O) groups excluding carboxylic acids is 5. The first-order valence-electron chi connectivity index (χ1n) is 10.4. The number of aromatic nitrogens is 2. The molecule has 172 valence electrons. The topological polar surface area (TPSA) is 162 Å². The van der Waals surface area contributed by atoms with Crippen LogP contribution in [-0.2, 0) is 9.59 Å². The second kappa shape index (κ2) is 9.73. The fourth-order valence-corrected chi connectivity index (χ4v) is 4.13. The molecule has 1 saturated heterocycles. The van der Waals surface area contributed by atoms with Crippen molar-refractivity contribution in [2.24, 2.45) is 0 Å². The van der Waals surface area contributed by atoms with E-state index in [0.717, 1.165) is 16.4 Å². The number of rotatable bonds is 8. The third-order valence-corrected chi connectivity index (χ3v) is 5.85. The molecular weight excluding hydrogens is 450 g/mol. The van der Waals surface area contributed by atoms with Crippen LogP contribution in [0.25, 0.3) is 0 Å². The minimum atomic E-state index is -0.999. The number of fused-ring (bicyclic) bond motifs is 1. The van der Waals surface area contributed by atoms with Crippen LogP contribution >= 0.6 is 11.5 Å². The van der Waals surface area contributed by atoms with E-state index in [1.807, 2.05) is 0 Å². The molecule has 12 nitrogen and oxygen atoms in total. The zero-order valence-corrected chi connectivity index (χ0v) is 18.2. The fraction of sp³-hybridized carbons (Fsp3) is 0.350. The lowest BCUT2D eigenvalue weighted by atomic mass is 10.0. The molecule has 6 amide bonds. The van der Waals surface area contributed by atoms with Gasteiger partial charge in [0.1, 0.15) is 11.0 Å². The number of piperidine rings is 1. The monoisotopic (exact) mass is 471 g/mol. The average Bonchev–Trinajstić information content (AvgIpc) is 3.38. The van der Waals surface area contributed by atoms with Crippen molar-refractivity contribution in [3.8, 4) is 0 Å². The molecule has 33 heavy (non-hydrogen) atoms. The Hall–Kier alpha value is -3.87. The Morgan fingerprint density at radius 1 is 1.15 bits per heavy atom. The van der Waals surface area contributed by atoms with E-state index in [4.69, 9.17) is 0 Å². The second-order valence-electron chi connectivity index (χ2n) is 7.47. The largest absolute Gasteiger partial charge is 0.384 e. The van der Waals surface area contributed by atoms with Gasteiger partial charge in [-0.15, -0.1) is 5.10 Å². The minimum Gasteiger partial charge on any atom is -0.384 e. The van der Waals surface area contributed by atoms with E-state index in [1.54, 1.807) is 18.2 Å². The van der Waals surface area contributed by atoms with Crippen LogP contribution in [0.3, 0.4) is 0 Å². The Morgan fingerprint density at radius 2 is 1.97 bits per heavy atom. The third kappa shape index (κ3) is 4.82. The number of amides is 6. The molecule has 3 heterocycles. The zero-order valence-electron chi connectivity index (χ0n) is 17.4. The van der Waals surface area contributed by atoms with Crippen molar-refractivity contribution in [3.05, 3.63) is 35.5 Å². The van der Waals surface area contributed by atoms with Gasteiger partial charge in [0.2, 0.25) is 11.8 Å². The van der Waals surface area contributed by atoms with Crippen LogP contribution < -0.4 is 21.3 Å². The predicted molar refractivity (Wildman–Crippen MR) is 118 cm³/mol. The number of nitrogens with one attached hydrogen (secondary N) is 4. The first-order valence-corrected chi connectivity index (χ1v) is 11.1. The van der Waals surface area contributed by atoms with E-state index in [2.05, 4.69) is 30.9 Å². The predicted octanol–water partition coefficient (Wildman–Crippen LogP) is 0.953. The Labute approximate surface area is 192 Å². The average molecular weight is 471 g/mol. The summed E-state index contributed by atoms with van der Waals surface area (Å²) in [5, 5.41) is 14.9. The first-order chi connectivity index (χ1) is 16.0. The highest BCUT2D eigenvalue weighted by Gasteiger charge is 2.45. The first kappa shape index (κ1) is 22.3. The molecule has 4 rings (SSSR count). The van der Waals surface area contributed by atoms with Crippen LogP contribution in [0.1, 0.15) is 46.4 Å². The smallest absolute Gasteiger partial charge is 0.319 e. The molecule has 1 fully saturated rings. The van der Waals surface area contributed by atoms with Gasteiger partial charge in [0.25, 0.3) is 11.8 Å². The Balaban J connectivity index is 1.29. The summed E-state index contributed by atoms with van der Waals surface area (Å²) >= 11 is 1.08. The number of hydrogen-bond acceptors (Lipinski definition) is 9. The van der Waals surface area contributed by atoms with E-state index in [-0.39, 0.29) is 30.0 Å². The SMILES string of the molecule is O=C1CCC(N2C(=O)c3cccc(NCCCCNC(=O)Nc4cnns4)c3C2=O)C(=O)N1. The van der Waals surface area contributed by atoms with Crippen molar-refractivity contribution in [1.29, 1.82) is 0 Å². The van der Waals surface area contributed by atoms with Crippen LogP contribution in [0.15, 0.2) is 24.4 Å². The summed E-state index contributed by atoms with van der Waals surface area (Å²) in [5.74, 6) is -2.15. The highest BCUT2D eigenvalue weighted by Crippen LogP contribution is 2.32. The Morgan fingerprint density at radius 3 is 2.73 bits per heavy atom. The summed E-state index contributed by atoms with van der Waals surface area (Å²) in [6, 6.07) is 3.58. The van der Waals surface area contributed by atoms with Crippen LogP contribution in [0.2, 0.25) is 0 Å². The number of benzene rings is 1. The second-order valence-corrected chi connectivity index (χ2v) is 8.26. The summed E-state index contributed by atoms with van der Waals surface area (Å²) < 4.78 is 3.66. The summed E-state index contributed by atoms with van der Waals surface area (Å²) in [4.78, 5) is 62.2. The lowest BCUT2D eigenvalue weighted by Crippen LogP contribution is -2.54. The molecule has 1 atom stereocenters. The molecule has 0 spiro atoms. The molecule has 0 saturated carbocycles. The molecule has 2 aliphatic heterocycles. The number of anilines is 2. The van der Waals surface area contributed by atoms with Gasteiger partial charge in [-0.25, -0.2) is 4.79 Å². The molecule has 1 unspecified atom stereocenters. The molecule has 2 aliphatic rings. The maximum Gasteiger partial charge on any atom is 0.319 e. The number of hydrogen-bond donors (Lipinski definition) is 4. The van der Waals surface area contributed by atoms with Crippen LogP contribution in [0, 0.1) is 0 Å². The Bertz CT molecular complexity index is 1100. The van der Waals surface area contributed by atoms with Crippen molar-refractivity contribution in [2.45, 2.75) is 31.7 Å². The lowest BCUT2D eigenvalue weighted by Gasteiger charge is -2.27. The van der Waals surface area contributed by atoms with E-state index in [0.29, 0.717) is 36.6 Å². The van der Waals surface area contributed by atoms with E-state index < -0.39 is 29.7 Å². The molecule has 13 heteroatoms. The molecule has 4 N–H and O–H groups in total. The van der Waals surface area contributed by atoms with Gasteiger partial charge >= 0.3 is 6.03 Å². The van der Waals surface area contributed by atoms with Gasteiger partial charge in [-0.2, -0.15) is 0 Å². The molecule has 1 aromatic heterocycles. The zero-order chi connectivity index (χ0) is 23.4. The maximum atomic E-state index is 13.0. The van der Waals surface area contributed by atoms with E-state index >= 15 is 0 Å². The molecule has 1 aromatic carbocycles. The molecular formula is C20H21N7O5S. The van der Waals surface area contributed by atoms with Gasteiger partial charge in [0, 0.05) is 36.7 Å². The number of urea groups is 1. The van der Waals surface area contributed by atoms with Gasteiger partial charge in [0.15, 0.2) is 0 Å². The highest BCUT2D eigenvalue weighted by molar-refractivity contribution is 7.10. The maximum absolute atomic E-state index is 13.0. The summed E-state index contributed by atoms with van der Waals surface area (Å²) in [6.45, 7) is 0.964. The molecule has 0 aliphatic carbocycles. The van der Waals surface area contributed by atoms with Crippen molar-refractivity contribution in [2.75, 3.05) is 23.7 Å². The summed E-state index contributed by atoms with van der Waals surface area (Å²) in [7, 11) is 0. The van der Waals surface area contributed by atoms with Crippen molar-refractivity contribution < 1.29 is 24.0 Å². The normalized spacial score (nSPS) is 17.6. The van der Waals surface area contributed by atoms with Crippen molar-refractivity contribution in [1.82, 2.24) is 25.1 Å². The molecule has 2 aromatic rings. The Kier molecular flexibility index (Phi) is 6.58. The highest BCUT2D eigenvalue weighted by atomic mass is 32.1. The number of imide groups is 2. The van der Waals surface area contributed by atoms with Gasteiger partial charge in [0.05, 0.1) is 17.3 Å². The summed E-state index contributed by atoms with van der Waals surface area (Å²) in [6.07, 6.45) is 3.03. The third-order valence-electron chi connectivity index (χ3n) is 5.27. The van der Waals surface area contributed by atoms with Gasteiger partial charge in [-0.05, 0) is 31.4 Å². The van der Waals surface area contributed by atoms with Crippen molar-refractivity contribution >= 4 is 51.9 Å². The van der Waals surface area contributed by atoms with Gasteiger partial charge in [-0.1, -0.05) is 10.6 Å². The standard InChI is InChI=1S/C20H21N7O5S/c28-14-7-6-13(17(29)24-14)27-18(30)11-4-3-5-12(16(11)19(27)31)21-8-1-2-9-22-20(32)25-15-10-23-26-33-15/h3-5,10,13,21H,1-2,6-9H2,(H2,22,25,32)(H,24,28,29). The van der Waals surface area contributed by atoms with Crippen LogP contribution in [0.4, 0.5) is 15.5 Å². The van der Waals surface area contributed by atoms with Crippen molar-refractivity contribution in [3.63, 3.8) is 0 Å². The van der Waals surface area contributed by atoms with Gasteiger partial charge < -0.3 is 10.6 Å². The summed E-state index contributed by atoms with van der Waals surface area (Å²) in [5.41, 5.74) is 0.956. The van der Waals surface area contributed by atoms with E-state index in [9.17, 15) is 24.0 Å². The van der Waals surface area contributed by atoms with E-state index in [1.165, 1.54) is 6.20 Å².